The lowest BCUT2D eigenvalue weighted by Crippen LogP contribution is -2.24. The zero-order valence-corrected chi connectivity index (χ0v) is 19.6. The summed E-state index contributed by atoms with van der Waals surface area (Å²) >= 11 is 4.00. The van der Waals surface area contributed by atoms with E-state index in [1.165, 1.54) is 38.2 Å². The van der Waals surface area contributed by atoms with E-state index in [9.17, 15) is 14.0 Å². The monoisotopic (exact) mass is 486 g/mol. The molecule has 6 nitrogen and oxygen atoms in total. The number of rotatable bonds is 5. The molecule has 1 aliphatic rings. The molecule has 0 radical (unpaired) electrons. The number of halogens is 1. The van der Waals surface area contributed by atoms with Gasteiger partial charge in [0.2, 0.25) is 5.91 Å². The van der Waals surface area contributed by atoms with Crippen molar-refractivity contribution in [1.29, 1.82) is 0 Å². The summed E-state index contributed by atoms with van der Waals surface area (Å²) in [4.78, 5) is 36.9. The molecule has 1 aliphatic carbocycles. The number of aryl methyl sites for hydroxylation is 3. The summed E-state index contributed by atoms with van der Waals surface area (Å²) in [5.41, 5.74) is 1.74. The van der Waals surface area contributed by atoms with E-state index < -0.39 is 5.82 Å². The molecule has 1 amide bonds. The van der Waals surface area contributed by atoms with E-state index in [2.05, 4.69) is 10.3 Å². The standard InChI is InChI=1S/C22H19FN4O2S3/c1-12-10-30-21(24-12)25-17(28)11-31-22-26-19-18(13-6-2-5-9-16(13)32-19)20(29)27(22)15-8-4-3-7-14(15)23/h3-4,7-8,10H,2,5-6,9,11H2,1H3,(H,24,25,28). The highest BCUT2D eigenvalue weighted by atomic mass is 32.2. The minimum atomic E-state index is -0.510. The molecule has 0 aliphatic heterocycles. The van der Waals surface area contributed by atoms with Crippen LogP contribution in [0, 0.1) is 12.7 Å². The van der Waals surface area contributed by atoms with Gasteiger partial charge in [-0.2, -0.15) is 0 Å². The van der Waals surface area contributed by atoms with Crippen LogP contribution in [-0.4, -0.2) is 26.2 Å². The average molecular weight is 487 g/mol. The van der Waals surface area contributed by atoms with Crippen LogP contribution in [-0.2, 0) is 17.6 Å². The number of carbonyl (C=O) groups is 1. The zero-order chi connectivity index (χ0) is 22.2. The normalized spacial score (nSPS) is 13.3. The first kappa shape index (κ1) is 21.3. The number of anilines is 1. The Kier molecular flexibility index (Phi) is 5.83. The largest absolute Gasteiger partial charge is 0.301 e. The number of hydrogen-bond acceptors (Lipinski definition) is 7. The molecule has 3 heterocycles. The maximum absolute atomic E-state index is 14.7. The second-order valence-electron chi connectivity index (χ2n) is 7.51. The average Bonchev–Trinajstić information content (AvgIpc) is 3.36. The van der Waals surface area contributed by atoms with Gasteiger partial charge in [-0.05, 0) is 50.3 Å². The number of aromatic nitrogens is 3. The highest BCUT2D eigenvalue weighted by Crippen LogP contribution is 2.35. The fourth-order valence-electron chi connectivity index (χ4n) is 3.83. The van der Waals surface area contributed by atoms with E-state index in [0.29, 0.717) is 20.5 Å². The number of thiazole rings is 1. The number of benzene rings is 1. The number of nitrogens with zero attached hydrogens (tertiary/aromatic N) is 3. The van der Waals surface area contributed by atoms with Crippen LogP contribution in [0.2, 0.25) is 0 Å². The molecule has 10 heteroatoms. The van der Waals surface area contributed by atoms with Gasteiger partial charge in [-0.15, -0.1) is 22.7 Å². The summed E-state index contributed by atoms with van der Waals surface area (Å²) in [7, 11) is 0. The fourth-order valence-corrected chi connectivity index (χ4v) is 6.64. The van der Waals surface area contributed by atoms with Crippen molar-refractivity contribution >= 4 is 55.7 Å². The molecule has 1 N–H and O–H groups in total. The summed E-state index contributed by atoms with van der Waals surface area (Å²) in [6.45, 7) is 1.85. The molecule has 4 aromatic rings. The maximum atomic E-state index is 14.7. The van der Waals surface area contributed by atoms with Crippen LogP contribution < -0.4 is 10.9 Å². The van der Waals surface area contributed by atoms with Gasteiger partial charge in [0, 0.05) is 10.3 Å². The second-order valence-corrected chi connectivity index (χ2v) is 10.4. The van der Waals surface area contributed by atoms with Crippen molar-refractivity contribution in [1.82, 2.24) is 14.5 Å². The van der Waals surface area contributed by atoms with Crippen LogP contribution in [0.4, 0.5) is 9.52 Å². The fraction of sp³-hybridized carbons (Fsp3) is 0.273. The van der Waals surface area contributed by atoms with E-state index in [1.54, 1.807) is 18.2 Å². The van der Waals surface area contributed by atoms with Crippen LogP contribution in [0.15, 0.2) is 39.6 Å². The van der Waals surface area contributed by atoms with E-state index in [-0.39, 0.29) is 22.9 Å². The number of carbonyl (C=O) groups excluding carboxylic acids is 1. The third kappa shape index (κ3) is 3.98. The van der Waals surface area contributed by atoms with Crippen molar-refractivity contribution in [3.05, 3.63) is 62.0 Å². The summed E-state index contributed by atoms with van der Waals surface area (Å²) in [5.74, 6) is -0.746. The predicted octanol–water partition coefficient (Wildman–Crippen LogP) is 4.96. The van der Waals surface area contributed by atoms with E-state index in [0.717, 1.165) is 48.7 Å². The molecule has 0 spiro atoms. The maximum Gasteiger partial charge on any atom is 0.267 e. The van der Waals surface area contributed by atoms with Gasteiger partial charge in [0.15, 0.2) is 10.3 Å². The van der Waals surface area contributed by atoms with Crippen molar-refractivity contribution in [2.24, 2.45) is 0 Å². The minimum Gasteiger partial charge on any atom is -0.301 e. The SMILES string of the molecule is Cc1csc(NC(=O)CSc2nc3sc4c(c3c(=O)n2-c2ccccc2F)CCCC4)n1. The third-order valence-corrected chi connectivity index (χ3v) is 8.25. The van der Waals surface area contributed by atoms with E-state index >= 15 is 0 Å². The molecule has 3 aromatic heterocycles. The topological polar surface area (TPSA) is 76.9 Å². The van der Waals surface area contributed by atoms with Gasteiger partial charge in [0.05, 0.1) is 22.5 Å². The second kappa shape index (κ2) is 8.76. The molecule has 1 aromatic carbocycles. The third-order valence-electron chi connectivity index (χ3n) is 5.25. The summed E-state index contributed by atoms with van der Waals surface area (Å²) in [6.07, 6.45) is 3.91. The Morgan fingerprint density at radius 1 is 1.25 bits per heavy atom. The van der Waals surface area contributed by atoms with Crippen LogP contribution in [0.3, 0.4) is 0 Å². The number of para-hydroxylation sites is 1. The van der Waals surface area contributed by atoms with Gasteiger partial charge in [-0.25, -0.2) is 14.4 Å². The van der Waals surface area contributed by atoms with Gasteiger partial charge in [-0.1, -0.05) is 23.9 Å². The molecule has 0 fully saturated rings. The molecule has 32 heavy (non-hydrogen) atoms. The molecule has 164 valence electrons. The molecular formula is C22H19FN4O2S3. The van der Waals surface area contributed by atoms with E-state index in [1.807, 2.05) is 12.3 Å². The van der Waals surface area contributed by atoms with Gasteiger partial charge >= 0.3 is 0 Å². The lowest BCUT2D eigenvalue weighted by atomic mass is 9.97. The number of thiophene rings is 1. The Morgan fingerprint density at radius 3 is 2.84 bits per heavy atom. The first-order valence-corrected chi connectivity index (χ1v) is 12.9. The lowest BCUT2D eigenvalue weighted by Gasteiger charge is -2.14. The number of thioether (sulfide) groups is 1. The lowest BCUT2D eigenvalue weighted by molar-refractivity contribution is -0.113. The molecular weight excluding hydrogens is 467 g/mol. The molecule has 0 atom stereocenters. The Morgan fingerprint density at radius 2 is 2.06 bits per heavy atom. The van der Waals surface area contributed by atoms with Gasteiger partial charge in [0.25, 0.3) is 5.56 Å². The van der Waals surface area contributed by atoms with Crippen molar-refractivity contribution < 1.29 is 9.18 Å². The first-order chi connectivity index (χ1) is 15.5. The van der Waals surface area contributed by atoms with Crippen LogP contribution >= 0.6 is 34.4 Å². The van der Waals surface area contributed by atoms with Crippen molar-refractivity contribution in [2.75, 3.05) is 11.1 Å². The summed E-state index contributed by atoms with van der Waals surface area (Å²) in [5, 5.41) is 6.02. The molecule has 0 unspecified atom stereocenters. The van der Waals surface area contributed by atoms with Gasteiger partial charge in [0.1, 0.15) is 10.6 Å². The highest BCUT2D eigenvalue weighted by molar-refractivity contribution is 7.99. The van der Waals surface area contributed by atoms with Crippen molar-refractivity contribution in [3.63, 3.8) is 0 Å². The number of fused-ring (bicyclic) bond motifs is 3. The Balaban J connectivity index is 1.56. The van der Waals surface area contributed by atoms with Crippen molar-refractivity contribution in [3.8, 4) is 5.69 Å². The quantitative estimate of drug-likeness (QED) is 0.319. The first-order valence-electron chi connectivity index (χ1n) is 10.2. The van der Waals surface area contributed by atoms with Gasteiger partial charge in [-0.3, -0.25) is 14.2 Å². The van der Waals surface area contributed by atoms with Crippen LogP contribution in [0.5, 0.6) is 0 Å². The van der Waals surface area contributed by atoms with Crippen LogP contribution in [0.1, 0.15) is 29.0 Å². The number of hydrogen-bond donors (Lipinski definition) is 1. The number of amides is 1. The van der Waals surface area contributed by atoms with Gasteiger partial charge < -0.3 is 5.32 Å². The Hall–Kier alpha value is -2.56. The van der Waals surface area contributed by atoms with Crippen LogP contribution in [0.25, 0.3) is 15.9 Å². The summed E-state index contributed by atoms with van der Waals surface area (Å²) < 4.78 is 16.0. The minimum absolute atomic E-state index is 0.0239. The summed E-state index contributed by atoms with van der Waals surface area (Å²) in [6, 6.07) is 6.15. The van der Waals surface area contributed by atoms with Crippen molar-refractivity contribution in [2.45, 2.75) is 37.8 Å². The predicted molar refractivity (Wildman–Crippen MR) is 128 cm³/mol. The molecule has 0 saturated heterocycles. The Labute approximate surface area is 195 Å². The zero-order valence-electron chi connectivity index (χ0n) is 17.2. The highest BCUT2D eigenvalue weighted by Gasteiger charge is 2.24. The molecule has 5 rings (SSSR count). The van der Waals surface area contributed by atoms with E-state index in [4.69, 9.17) is 4.98 Å². The molecule has 0 saturated carbocycles. The Bertz CT molecular complexity index is 1390. The smallest absolute Gasteiger partial charge is 0.267 e. The number of nitrogens with one attached hydrogen (secondary N) is 1. The molecule has 0 bridgehead atoms.